The van der Waals surface area contributed by atoms with Crippen LogP contribution in [0.5, 0.6) is 5.75 Å². The zero-order valence-electron chi connectivity index (χ0n) is 24.7. The first-order valence-corrected chi connectivity index (χ1v) is 15.6. The number of likely N-dealkylation sites (N-methyl/N-ethyl adjacent to an activating group) is 1. The first-order valence-electron chi connectivity index (χ1n) is 13.8. The Morgan fingerprint density at radius 2 is 1.74 bits per heavy atom. The Morgan fingerprint density at radius 1 is 1.05 bits per heavy atom. The summed E-state index contributed by atoms with van der Waals surface area (Å²) in [4.78, 5) is 33.7. The second kappa shape index (κ2) is 11.5. The lowest BCUT2D eigenvalue weighted by Crippen LogP contribution is -2.59. The number of ether oxygens (including phenoxy) is 1. The molecule has 2 amide bonds. The van der Waals surface area contributed by atoms with Crippen LogP contribution in [0.3, 0.4) is 0 Å². The number of carbonyl (C=O) groups is 2. The predicted molar refractivity (Wildman–Crippen MR) is 162 cm³/mol. The lowest BCUT2D eigenvalue weighted by atomic mass is 9.80. The molecule has 5 rings (SSSR count). The molecule has 2 atom stereocenters. The van der Waals surface area contributed by atoms with Crippen molar-refractivity contribution in [3.63, 3.8) is 0 Å². The van der Waals surface area contributed by atoms with E-state index in [1.54, 1.807) is 31.1 Å². The Hall–Kier alpha value is -3.51. The summed E-state index contributed by atoms with van der Waals surface area (Å²) in [5.41, 5.74) is -0.0758. The minimum atomic E-state index is -4.53. The van der Waals surface area contributed by atoms with Gasteiger partial charge in [-0.3, -0.25) is 14.5 Å². The SMILES string of the molecule is COc1cc(CN(C)C)ccc1C1(N2CCC[C@H]2C(=O)N(C)C)C(=O)N(S(=O)(=O)c2ccc(F)cc2)c2ccc(Cl)cc21. The van der Waals surface area contributed by atoms with Crippen molar-refractivity contribution in [2.45, 2.75) is 35.9 Å². The van der Waals surface area contributed by atoms with Crippen LogP contribution in [0.15, 0.2) is 65.6 Å². The van der Waals surface area contributed by atoms with Crippen molar-refractivity contribution in [1.82, 2.24) is 14.7 Å². The number of rotatable bonds is 8. The fourth-order valence-corrected chi connectivity index (χ4v) is 7.84. The van der Waals surface area contributed by atoms with Gasteiger partial charge in [-0.15, -0.1) is 0 Å². The number of nitrogens with zero attached hydrogens (tertiary/aromatic N) is 4. The molecule has 0 aliphatic carbocycles. The van der Waals surface area contributed by atoms with E-state index in [4.69, 9.17) is 16.3 Å². The molecule has 0 bridgehead atoms. The molecule has 2 aliphatic heterocycles. The van der Waals surface area contributed by atoms with Crippen LogP contribution in [0, 0.1) is 5.82 Å². The molecule has 0 spiro atoms. The van der Waals surface area contributed by atoms with Crippen molar-refractivity contribution in [3.8, 4) is 5.75 Å². The van der Waals surface area contributed by atoms with E-state index in [0.717, 1.165) is 34.1 Å². The average molecular weight is 629 g/mol. The minimum Gasteiger partial charge on any atom is -0.496 e. The third kappa shape index (κ3) is 5.08. The van der Waals surface area contributed by atoms with Gasteiger partial charge in [-0.05, 0) is 81.0 Å². The maximum Gasteiger partial charge on any atom is 0.271 e. The molecule has 228 valence electrons. The van der Waals surface area contributed by atoms with Crippen molar-refractivity contribution < 1.29 is 27.1 Å². The number of hydrogen-bond acceptors (Lipinski definition) is 7. The average Bonchev–Trinajstić information content (AvgIpc) is 3.53. The monoisotopic (exact) mass is 628 g/mol. The molecule has 2 heterocycles. The molecule has 3 aromatic carbocycles. The van der Waals surface area contributed by atoms with Gasteiger partial charge in [0, 0.05) is 43.3 Å². The number of hydrogen-bond donors (Lipinski definition) is 0. The van der Waals surface area contributed by atoms with E-state index in [1.165, 1.54) is 24.1 Å². The van der Waals surface area contributed by atoms with Crippen molar-refractivity contribution in [1.29, 1.82) is 0 Å². The molecule has 3 aromatic rings. The fraction of sp³-hybridized carbons (Fsp3) is 0.355. The second-order valence-electron chi connectivity index (χ2n) is 11.3. The molecule has 1 saturated heterocycles. The number of sulfonamides is 1. The van der Waals surface area contributed by atoms with E-state index >= 15 is 4.79 Å². The Labute approximate surface area is 256 Å². The summed E-state index contributed by atoms with van der Waals surface area (Å²) >= 11 is 6.54. The summed E-state index contributed by atoms with van der Waals surface area (Å²) in [5.74, 6) is -1.26. The molecular formula is C31H34ClFN4O5S. The maximum absolute atomic E-state index is 15.1. The van der Waals surface area contributed by atoms with Crippen LogP contribution >= 0.6 is 11.6 Å². The third-order valence-corrected chi connectivity index (χ3v) is 9.92. The highest BCUT2D eigenvalue weighted by Gasteiger charge is 2.63. The van der Waals surface area contributed by atoms with Crippen LogP contribution in [-0.2, 0) is 31.7 Å². The van der Waals surface area contributed by atoms with Gasteiger partial charge in [0.05, 0.1) is 23.7 Å². The molecule has 0 radical (unpaired) electrons. The second-order valence-corrected chi connectivity index (χ2v) is 13.5. The highest BCUT2D eigenvalue weighted by atomic mass is 35.5. The third-order valence-electron chi connectivity index (χ3n) is 7.98. The van der Waals surface area contributed by atoms with Gasteiger partial charge in [-0.2, -0.15) is 0 Å². The van der Waals surface area contributed by atoms with Crippen LogP contribution in [0.25, 0.3) is 0 Å². The van der Waals surface area contributed by atoms with E-state index in [0.29, 0.717) is 42.8 Å². The number of benzene rings is 3. The zero-order chi connectivity index (χ0) is 31.3. The molecule has 2 aliphatic rings. The maximum atomic E-state index is 15.1. The van der Waals surface area contributed by atoms with E-state index < -0.39 is 33.3 Å². The molecule has 9 nitrogen and oxygen atoms in total. The molecular weight excluding hydrogens is 595 g/mol. The van der Waals surface area contributed by atoms with Crippen LogP contribution in [-0.4, -0.2) is 82.8 Å². The van der Waals surface area contributed by atoms with Gasteiger partial charge < -0.3 is 14.5 Å². The van der Waals surface area contributed by atoms with E-state index in [2.05, 4.69) is 0 Å². The summed E-state index contributed by atoms with van der Waals surface area (Å²) in [5, 5.41) is 0.287. The molecule has 0 N–H and O–H groups in total. The lowest BCUT2D eigenvalue weighted by molar-refractivity contribution is -0.138. The molecule has 43 heavy (non-hydrogen) atoms. The number of carbonyl (C=O) groups excluding carboxylic acids is 2. The van der Waals surface area contributed by atoms with E-state index in [9.17, 15) is 17.6 Å². The molecule has 1 unspecified atom stereocenters. The number of likely N-dealkylation sites (tertiary alicyclic amines) is 1. The largest absolute Gasteiger partial charge is 0.496 e. The number of halogens is 2. The number of methoxy groups -OCH3 is 1. The summed E-state index contributed by atoms with van der Waals surface area (Å²) in [6, 6.07) is 13.6. The van der Waals surface area contributed by atoms with Crippen LogP contribution in [0.4, 0.5) is 10.1 Å². The van der Waals surface area contributed by atoms with Crippen molar-refractivity contribution in [2.75, 3.05) is 46.2 Å². The Kier molecular flexibility index (Phi) is 8.30. The van der Waals surface area contributed by atoms with Crippen LogP contribution < -0.4 is 9.04 Å². The van der Waals surface area contributed by atoms with Gasteiger partial charge in [-0.25, -0.2) is 17.1 Å². The topological polar surface area (TPSA) is 90.5 Å². The van der Waals surface area contributed by atoms with Crippen molar-refractivity contribution in [2.24, 2.45) is 0 Å². The number of fused-ring (bicyclic) bond motifs is 1. The Bertz CT molecular complexity index is 1680. The van der Waals surface area contributed by atoms with E-state index in [1.807, 2.05) is 31.1 Å². The molecule has 1 fully saturated rings. The Balaban J connectivity index is 1.85. The minimum absolute atomic E-state index is 0.0982. The summed E-state index contributed by atoms with van der Waals surface area (Å²) in [7, 11) is 4.11. The molecule has 0 aromatic heterocycles. The lowest BCUT2D eigenvalue weighted by Gasteiger charge is -2.42. The van der Waals surface area contributed by atoms with Gasteiger partial charge in [-0.1, -0.05) is 23.7 Å². The number of amides is 2. The van der Waals surface area contributed by atoms with E-state index in [-0.39, 0.29) is 21.5 Å². The quantitative estimate of drug-likeness (QED) is 0.371. The highest BCUT2D eigenvalue weighted by molar-refractivity contribution is 7.93. The zero-order valence-corrected chi connectivity index (χ0v) is 26.2. The van der Waals surface area contributed by atoms with Gasteiger partial charge >= 0.3 is 0 Å². The summed E-state index contributed by atoms with van der Waals surface area (Å²) in [6.45, 7) is 0.922. The van der Waals surface area contributed by atoms with Crippen LogP contribution in [0.2, 0.25) is 5.02 Å². The standard InChI is InChI=1S/C31H34ClFN4O5S/c1-34(2)19-20-8-14-24(28(17-20)42-5)31(36-16-6-7-27(36)29(38)35(3)4)25-18-21(32)9-15-26(25)37(30(31)39)43(40,41)23-12-10-22(33)11-13-23/h8-15,17-18,27H,6-7,16,19H2,1-5H3/t27-,31?/m0/s1. The first kappa shape index (κ1) is 30.9. The summed E-state index contributed by atoms with van der Waals surface area (Å²) in [6.07, 6.45) is 1.06. The van der Waals surface area contributed by atoms with Crippen molar-refractivity contribution in [3.05, 3.63) is 88.2 Å². The fourth-order valence-electron chi connectivity index (χ4n) is 6.21. The molecule has 12 heteroatoms. The Morgan fingerprint density at radius 3 is 2.37 bits per heavy atom. The number of anilines is 1. The van der Waals surface area contributed by atoms with Crippen LogP contribution in [0.1, 0.15) is 29.5 Å². The smallest absolute Gasteiger partial charge is 0.271 e. The first-order chi connectivity index (χ1) is 20.3. The van der Waals surface area contributed by atoms with Gasteiger partial charge in [0.25, 0.3) is 15.9 Å². The normalized spacial score (nSPS) is 20.5. The highest BCUT2D eigenvalue weighted by Crippen LogP contribution is 2.55. The van der Waals surface area contributed by atoms with Crippen molar-refractivity contribution >= 4 is 39.1 Å². The van der Waals surface area contributed by atoms with Gasteiger partial charge in [0.2, 0.25) is 5.91 Å². The van der Waals surface area contributed by atoms with Gasteiger partial charge in [0.1, 0.15) is 11.6 Å². The summed E-state index contributed by atoms with van der Waals surface area (Å²) < 4.78 is 48.9. The predicted octanol–water partition coefficient (Wildman–Crippen LogP) is 4.08. The van der Waals surface area contributed by atoms with Gasteiger partial charge in [0.15, 0.2) is 5.54 Å². The molecule has 0 saturated carbocycles.